The average Bonchev–Trinajstić information content (AvgIpc) is 2.82. The van der Waals surface area contributed by atoms with Gasteiger partial charge in [0.05, 0.1) is 17.5 Å². The summed E-state index contributed by atoms with van der Waals surface area (Å²) in [6.45, 7) is 0.892. The Hall–Kier alpha value is -3.27. The van der Waals surface area contributed by atoms with Gasteiger partial charge in [-0.1, -0.05) is 6.08 Å². The largest absolute Gasteiger partial charge is 0.305 e. The molecule has 1 aromatic heterocycles. The van der Waals surface area contributed by atoms with E-state index >= 15 is 0 Å². The number of aliphatic imine (C=N–C) groups is 1. The van der Waals surface area contributed by atoms with Crippen molar-refractivity contribution in [2.24, 2.45) is 4.99 Å². The van der Waals surface area contributed by atoms with Crippen LogP contribution >= 0.6 is 0 Å². The summed E-state index contributed by atoms with van der Waals surface area (Å²) in [4.78, 5) is 39.7. The third kappa shape index (κ3) is 3.99. The first-order valence-electron chi connectivity index (χ1n) is 11.1. The van der Waals surface area contributed by atoms with Crippen LogP contribution in [0.3, 0.4) is 0 Å². The second-order valence-electron chi connectivity index (χ2n) is 8.54. The number of amides is 1. The number of nitrogens with one attached hydrogen (secondary N) is 1. The average molecular weight is 468 g/mol. The number of allylic oxidation sites excluding steroid dienone is 1. The van der Waals surface area contributed by atoms with Gasteiger partial charge in [-0.25, -0.2) is 13.4 Å². The number of hydrogen-bond acceptors (Lipinski definition) is 6. The van der Waals surface area contributed by atoms with Gasteiger partial charge in [-0.15, -0.1) is 0 Å². The Morgan fingerprint density at radius 2 is 1.94 bits per heavy atom. The molecule has 0 unspecified atom stereocenters. The first kappa shape index (κ1) is 21.6. The van der Waals surface area contributed by atoms with Crippen LogP contribution in [0.25, 0.3) is 5.70 Å². The molecule has 3 aliphatic rings. The van der Waals surface area contributed by atoms with E-state index in [1.54, 1.807) is 29.3 Å². The highest BCUT2D eigenvalue weighted by molar-refractivity contribution is 7.92. The summed E-state index contributed by atoms with van der Waals surface area (Å²) in [5.41, 5.74) is 2.77. The number of nitrogens with zero attached hydrogens (tertiary/aromatic N) is 4. The molecule has 0 fully saturated rings. The summed E-state index contributed by atoms with van der Waals surface area (Å²) >= 11 is 0. The number of fused-ring (bicyclic) bond motifs is 2. The van der Waals surface area contributed by atoms with Gasteiger partial charge >= 0.3 is 0 Å². The van der Waals surface area contributed by atoms with Crippen LogP contribution in [-0.4, -0.2) is 49.9 Å². The number of benzene rings is 1. The molecule has 1 aromatic carbocycles. The number of carbonyl (C=O) groups is 1. The topological polar surface area (TPSA) is 116 Å². The molecule has 172 valence electrons. The maximum atomic E-state index is 13.5. The lowest BCUT2D eigenvalue weighted by Crippen LogP contribution is -2.39. The van der Waals surface area contributed by atoms with Gasteiger partial charge in [-0.05, 0) is 62.3 Å². The molecule has 0 saturated carbocycles. The van der Waals surface area contributed by atoms with Crippen LogP contribution in [0.2, 0.25) is 0 Å². The number of H-pyrrole nitrogens is 1. The smallest absolute Gasteiger partial charge is 0.259 e. The van der Waals surface area contributed by atoms with E-state index in [9.17, 15) is 18.0 Å². The molecule has 3 aliphatic heterocycles. The van der Waals surface area contributed by atoms with E-state index in [1.807, 2.05) is 6.08 Å². The van der Waals surface area contributed by atoms with Crippen molar-refractivity contribution in [2.75, 3.05) is 28.6 Å². The normalized spacial score (nSPS) is 17.9. The highest BCUT2D eigenvalue weighted by Crippen LogP contribution is 2.32. The maximum absolute atomic E-state index is 13.5. The Labute approximate surface area is 191 Å². The molecule has 33 heavy (non-hydrogen) atoms. The van der Waals surface area contributed by atoms with Gasteiger partial charge in [-0.3, -0.25) is 23.8 Å². The van der Waals surface area contributed by atoms with Gasteiger partial charge in [0.1, 0.15) is 11.5 Å². The summed E-state index contributed by atoms with van der Waals surface area (Å²) in [6, 6.07) is 5.12. The van der Waals surface area contributed by atoms with Crippen LogP contribution in [0.15, 0.2) is 34.1 Å². The number of carbonyl (C=O) groups excluding carboxylic acids is 1. The van der Waals surface area contributed by atoms with Crippen molar-refractivity contribution in [1.82, 2.24) is 9.97 Å². The fraction of sp³-hybridized carbons (Fsp3) is 0.391. The molecule has 10 heteroatoms. The van der Waals surface area contributed by atoms with Crippen LogP contribution in [0.1, 0.15) is 53.0 Å². The minimum atomic E-state index is -3.38. The van der Waals surface area contributed by atoms with Gasteiger partial charge in [0.25, 0.3) is 11.5 Å². The number of aryl methyl sites for hydroxylation is 1. The highest BCUT2D eigenvalue weighted by Gasteiger charge is 2.30. The lowest BCUT2D eigenvalue weighted by Gasteiger charge is -2.31. The molecule has 1 N–H and O–H groups in total. The van der Waals surface area contributed by atoms with E-state index in [0.29, 0.717) is 72.9 Å². The number of anilines is 2. The summed E-state index contributed by atoms with van der Waals surface area (Å²) in [5, 5.41) is 0. The van der Waals surface area contributed by atoms with Gasteiger partial charge in [-0.2, -0.15) is 0 Å². The van der Waals surface area contributed by atoms with E-state index in [4.69, 9.17) is 0 Å². The van der Waals surface area contributed by atoms with E-state index < -0.39 is 10.0 Å². The molecule has 0 saturated heterocycles. The summed E-state index contributed by atoms with van der Waals surface area (Å²) in [7, 11) is -3.38. The quantitative estimate of drug-likeness (QED) is 0.744. The van der Waals surface area contributed by atoms with Gasteiger partial charge in [0.2, 0.25) is 10.0 Å². The van der Waals surface area contributed by atoms with E-state index in [1.165, 1.54) is 10.6 Å². The zero-order valence-corrected chi connectivity index (χ0v) is 19.2. The van der Waals surface area contributed by atoms with E-state index in [2.05, 4.69) is 15.0 Å². The minimum Gasteiger partial charge on any atom is -0.305 e. The van der Waals surface area contributed by atoms with Crippen molar-refractivity contribution in [3.63, 3.8) is 0 Å². The van der Waals surface area contributed by atoms with Gasteiger partial charge in [0, 0.05) is 24.9 Å². The van der Waals surface area contributed by atoms with Gasteiger partial charge < -0.3 is 4.98 Å². The van der Waals surface area contributed by atoms with Crippen LogP contribution < -0.4 is 14.8 Å². The first-order chi connectivity index (χ1) is 15.8. The third-order valence-corrected chi connectivity index (χ3v) is 7.39. The standard InChI is InChI=1S/C23H25N5O4S/c1-33(31,32)28-13-4-6-15-14-16(9-10-19(15)28)23(30)27-12-5-7-17-21(27)25-20(26-22(17)29)18-8-2-3-11-24-18/h8-11,14H,2-7,12-13H2,1H3,(H,25,26,29). The van der Waals surface area contributed by atoms with Crippen LogP contribution in [0.5, 0.6) is 0 Å². The third-order valence-electron chi connectivity index (χ3n) is 6.21. The Kier molecular flexibility index (Phi) is 5.40. The monoisotopic (exact) mass is 467 g/mol. The number of sulfonamides is 1. The Bertz CT molecular complexity index is 1360. The van der Waals surface area contributed by atoms with Crippen molar-refractivity contribution >= 4 is 39.3 Å². The van der Waals surface area contributed by atoms with E-state index in [0.717, 1.165) is 18.4 Å². The first-order valence-corrected chi connectivity index (χ1v) is 13.0. The SMILES string of the molecule is CS(=O)(=O)N1CCCc2cc(C(=O)N3CCCc4c3nc(C3=CCCC=N3)[nH]c4=O)ccc21. The molecule has 0 aliphatic carbocycles. The molecule has 0 radical (unpaired) electrons. The second-order valence-corrected chi connectivity index (χ2v) is 10.4. The fourth-order valence-corrected chi connectivity index (χ4v) is 5.63. The van der Waals surface area contributed by atoms with Crippen LogP contribution in [-0.2, 0) is 22.9 Å². The Morgan fingerprint density at radius 3 is 2.70 bits per heavy atom. The molecular formula is C23H25N5O4S. The summed E-state index contributed by atoms with van der Waals surface area (Å²) in [5.74, 6) is 0.492. The predicted molar refractivity (Wildman–Crippen MR) is 128 cm³/mol. The van der Waals surface area contributed by atoms with Crippen molar-refractivity contribution in [2.45, 2.75) is 38.5 Å². The molecule has 5 rings (SSSR count). The zero-order chi connectivity index (χ0) is 23.2. The lowest BCUT2D eigenvalue weighted by molar-refractivity contribution is 0.0984. The lowest BCUT2D eigenvalue weighted by atomic mass is 9.99. The fourth-order valence-electron chi connectivity index (χ4n) is 4.64. The molecule has 9 nitrogen and oxygen atoms in total. The van der Waals surface area contributed by atoms with Crippen molar-refractivity contribution in [3.05, 3.63) is 57.1 Å². The molecule has 0 atom stereocenters. The second kappa shape index (κ2) is 8.26. The highest BCUT2D eigenvalue weighted by atomic mass is 32.2. The molecule has 2 aromatic rings. The van der Waals surface area contributed by atoms with Gasteiger partial charge in [0.15, 0.2) is 5.82 Å². The number of hydrogen-bond donors (Lipinski definition) is 1. The Morgan fingerprint density at radius 1 is 1.12 bits per heavy atom. The predicted octanol–water partition coefficient (Wildman–Crippen LogP) is 2.28. The molecular weight excluding hydrogens is 442 g/mol. The summed E-state index contributed by atoms with van der Waals surface area (Å²) < 4.78 is 25.7. The molecule has 0 bridgehead atoms. The minimum absolute atomic E-state index is 0.247. The van der Waals surface area contributed by atoms with Crippen LogP contribution in [0.4, 0.5) is 11.5 Å². The summed E-state index contributed by atoms with van der Waals surface area (Å²) in [6.07, 6.45) is 9.20. The molecule has 4 heterocycles. The van der Waals surface area contributed by atoms with Crippen molar-refractivity contribution < 1.29 is 13.2 Å². The van der Waals surface area contributed by atoms with Crippen LogP contribution in [0, 0.1) is 0 Å². The molecule has 1 amide bonds. The Balaban J connectivity index is 1.52. The number of aromatic amines is 1. The molecule has 0 spiro atoms. The van der Waals surface area contributed by atoms with Crippen molar-refractivity contribution in [3.8, 4) is 0 Å². The maximum Gasteiger partial charge on any atom is 0.259 e. The zero-order valence-electron chi connectivity index (χ0n) is 18.4. The van der Waals surface area contributed by atoms with E-state index in [-0.39, 0.29) is 11.5 Å². The van der Waals surface area contributed by atoms with Crippen molar-refractivity contribution in [1.29, 1.82) is 0 Å². The number of aromatic nitrogens is 2. The number of rotatable bonds is 3.